The van der Waals surface area contributed by atoms with Crippen LogP contribution in [0.25, 0.3) is 0 Å². The van der Waals surface area contributed by atoms with Gasteiger partial charge in [0.1, 0.15) is 0 Å². The summed E-state index contributed by atoms with van der Waals surface area (Å²) < 4.78 is 38.0. The average molecular weight is 342 g/mol. The van der Waals surface area contributed by atoms with Crippen molar-refractivity contribution in [3.8, 4) is 0 Å². The Labute approximate surface area is 141 Å². The predicted molar refractivity (Wildman–Crippen MR) is 87.9 cm³/mol. The van der Waals surface area contributed by atoms with Crippen LogP contribution in [-0.4, -0.2) is 48.9 Å². The molecule has 0 saturated heterocycles. The van der Waals surface area contributed by atoms with E-state index in [9.17, 15) is 18.0 Å². The Balaban J connectivity index is 2.18. The Morgan fingerprint density at radius 3 is 2.00 bits per heavy atom. The summed E-state index contributed by atoms with van der Waals surface area (Å²) in [5.74, 6) is -0.220. The first-order valence-electron chi connectivity index (χ1n) is 8.32. The van der Waals surface area contributed by atoms with Crippen molar-refractivity contribution in [3.05, 3.63) is 35.4 Å². The van der Waals surface area contributed by atoms with Gasteiger partial charge in [-0.25, -0.2) is 0 Å². The lowest BCUT2D eigenvalue weighted by Crippen LogP contribution is -2.49. The van der Waals surface area contributed by atoms with Crippen molar-refractivity contribution in [2.24, 2.45) is 0 Å². The molecule has 1 aromatic carbocycles. The van der Waals surface area contributed by atoms with Gasteiger partial charge in [0.2, 0.25) is 0 Å². The number of benzene rings is 1. The SMILES string of the molecule is CN(C)C1CCCCCC1N(C)C(=O)c1ccc(C(F)(F)F)cc1. The van der Waals surface area contributed by atoms with Gasteiger partial charge in [0.15, 0.2) is 0 Å². The molecule has 0 spiro atoms. The van der Waals surface area contributed by atoms with Gasteiger partial charge in [0.25, 0.3) is 5.91 Å². The zero-order valence-electron chi connectivity index (χ0n) is 14.4. The van der Waals surface area contributed by atoms with Crippen molar-refractivity contribution in [2.45, 2.75) is 50.4 Å². The molecule has 1 aromatic rings. The number of halogens is 3. The molecular weight excluding hydrogens is 317 g/mol. The summed E-state index contributed by atoms with van der Waals surface area (Å²) in [6, 6.07) is 4.83. The van der Waals surface area contributed by atoms with Crippen LogP contribution in [0.4, 0.5) is 13.2 Å². The van der Waals surface area contributed by atoms with Crippen molar-refractivity contribution < 1.29 is 18.0 Å². The number of nitrogens with zero attached hydrogens (tertiary/aromatic N) is 2. The molecule has 0 aliphatic heterocycles. The molecule has 2 rings (SSSR count). The van der Waals surface area contributed by atoms with E-state index in [1.54, 1.807) is 11.9 Å². The number of carbonyl (C=O) groups is 1. The quantitative estimate of drug-likeness (QED) is 0.774. The number of alkyl halides is 3. The van der Waals surface area contributed by atoms with Crippen LogP contribution < -0.4 is 0 Å². The molecule has 0 aromatic heterocycles. The Hall–Kier alpha value is -1.56. The zero-order chi connectivity index (χ0) is 17.9. The number of amides is 1. The van der Waals surface area contributed by atoms with E-state index in [2.05, 4.69) is 4.90 Å². The highest BCUT2D eigenvalue weighted by atomic mass is 19.4. The molecule has 0 radical (unpaired) electrons. The van der Waals surface area contributed by atoms with E-state index in [1.807, 2.05) is 14.1 Å². The van der Waals surface area contributed by atoms with Crippen LogP contribution in [0, 0.1) is 0 Å². The number of rotatable bonds is 3. The first-order chi connectivity index (χ1) is 11.2. The van der Waals surface area contributed by atoms with Crippen LogP contribution in [0.3, 0.4) is 0 Å². The molecule has 1 amide bonds. The highest BCUT2D eigenvalue weighted by Gasteiger charge is 2.33. The largest absolute Gasteiger partial charge is 0.416 e. The maximum Gasteiger partial charge on any atom is 0.416 e. The summed E-state index contributed by atoms with van der Waals surface area (Å²) in [4.78, 5) is 16.6. The highest BCUT2D eigenvalue weighted by molar-refractivity contribution is 5.94. The van der Waals surface area contributed by atoms with Gasteiger partial charge in [-0.05, 0) is 51.2 Å². The summed E-state index contributed by atoms with van der Waals surface area (Å²) in [5, 5.41) is 0. The summed E-state index contributed by atoms with van der Waals surface area (Å²) in [5.41, 5.74) is -0.436. The van der Waals surface area contributed by atoms with Gasteiger partial charge in [-0.1, -0.05) is 19.3 Å². The van der Waals surface area contributed by atoms with Gasteiger partial charge in [-0.15, -0.1) is 0 Å². The molecule has 1 aliphatic carbocycles. The highest BCUT2D eigenvalue weighted by Crippen LogP contribution is 2.30. The monoisotopic (exact) mass is 342 g/mol. The molecular formula is C18H25F3N2O. The topological polar surface area (TPSA) is 23.6 Å². The molecule has 2 unspecified atom stereocenters. The molecule has 134 valence electrons. The van der Waals surface area contributed by atoms with Crippen LogP contribution >= 0.6 is 0 Å². The van der Waals surface area contributed by atoms with Gasteiger partial charge in [0, 0.05) is 24.7 Å². The molecule has 24 heavy (non-hydrogen) atoms. The molecule has 1 saturated carbocycles. The summed E-state index contributed by atoms with van der Waals surface area (Å²) in [6.45, 7) is 0. The predicted octanol–water partition coefficient (Wildman–Crippen LogP) is 4.04. The minimum absolute atomic E-state index is 0.0808. The van der Waals surface area contributed by atoms with E-state index >= 15 is 0 Å². The van der Waals surface area contributed by atoms with Crippen LogP contribution in [0.2, 0.25) is 0 Å². The molecule has 1 fully saturated rings. The molecule has 6 heteroatoms. The fourth-order valence-corrected chi connectivity index (χ4v) is 3.48. The van der Waals surface area contributed by atoms with Gasteiger partial charge in [-0.2, -0.15) is 13.2 Å². The molecule has 1 aliphatic rings. The fraction of sp³-hybridized carbons (Fsp3) is 0.611. The maximum atomic E-state index is 12.7. The third-order valence-electron chi connectivity index (χ3n) is 4.88. The molecule has 0 bridgehead atoms. The Bertz CT molecular complexity index is 554. The van der Waals surface area contributed by atoms with E-state index < -0.39 is 11.7 Å². The first kappa shape index (κ1) is 18.8. The van der Waals surface area contributed by atoms with Gasteiger partial charge in [0.05, 0.1) is 5.56 Å². The second-order valence-electron chi connectivity index (χ2n) is 6.73. The van der Waals surface area contributed by atoms with E-state index in [0.29, 0.717) is 5.56 Å². The lowest BCUT2D eigenvalue weighted by atomic mass is 9.99. The van der Waals surface area contributed by atoms with Crippen molar-refractivity contribution in [3.63, 3.8) is 0 Å². The summed E-state index contributed by atoms with van der Waals surface area (Å²) in [6.07, 6.45) is 0.934. The van der Waals surface area contributed by atoms with E-state index in [4.69, 9.17) is 0 Å². The van der Waals surface area contributed by atoms with Gasteiger partial charge < -0.3 is 9.80 Å². The van der Waals surface area contributed by atoms with Crippen LogP contribution in [0.5, 0.6) is 0 Å². The number of carbonyl (C=O) groups excluding carboxylic acids is 1. The lowest BCUT2D eigenvalue weighted by Gasteiger charge is -2.37. The van der Waals surface area contributed by atoms with Crippen LogP contribution in [-0.2, 0) is 6.18 Å². The molecule has 0 N–H and O–H groups in total. The van der Waals surface area contributed by atoms with E-state index in [1.165, 1.54) is 12.1 Å². The number of hydrogen-bond donors (Lipinski definition) is 0. The van der Waals surface area contributed by atoms with Gasteiger partial charge in [-0.3, -0.25) is 4.79 Å². The normalized spacial score (nSPS) is 22.3. The van der Waals surface area contributed by atoms with Gasteiger partial charge >= 0.3 is 6.18 Å². The minimum Gasteiger partial charge on any atom is -0.337 e. The average Bonchev–Trinajstić information content (AvgIpc) is 2.78. The van der Waals surface area contributed by atoms with Crippen LogP contribution in [0.15, 0.2) is 24.3 Å². The summed E-state index contributed by atoms with van der Waals surface area (Å²) in [7, 11) is 5.78. The van der Waals surface area contributed by atoms with Crippen molar-refractivity contribution in [2.75, 3.05) is 21.1 Å². The smallest absolute Gasteiger partial charge is 0.337 e. The Morgan fingerprint density at radius 2 is 1.50 bits per heavy atom. The van der Waals surface area contributed by atoms with Crippen LogP contribution in [0.1, 0.15) is 48.0 Å². The second kappa shape index (κ2) is 7.55. The third-order valence-corrected chi connectivity index (χ3v) is 4.88. The van der Waals surface area contributed by atoms with E-state index in [-0.39, 0.29) is 18.0 Å². The van der Waals surface area contributed by atoms with E-state index in [0.717, 1.165) is 44.2 Å². The molecule has 0 heterocycles. The van der Waals surface area contributed by atoms with Crippen molar-refractivity contribution >= 4 is 5.91 Å². The van der Waals surface area contributed by atoms with Crippen molar-refractivity contribution in [1.29, 1.82) is 0 Å². The number of hydrogen-bond acceptors (Lipinski definition) is 2. The Kier molecular flexibility index (Phi) is 5.91. The fourth-order valence-electron chi connectivity index (χ4n) is 3.48. The lowest BCUT2D eigenvalue weighted by molar-refractivity contribution is -0.137. The molecule has 2 atom stereocenters. The Morgan fingerprint density at radius 1 is 0.958 bits per heavy atom. The second-order valence-corrected chi connectivity index (χ2v) is 6.73. The van der Waals surface area contributed by atoms with Crippen molar-refractivity contribution in [1.82, 2.24) is 9.80 Å². The molecule has 3 nitrogen and oxygen atoms in total. The summed E-state index contributed by atoms with van der Waals surface area (Å²) >= 11 is 0. The number of likely N-dealkylation sites (N-methyl/N-ethyl adjacent to an activating group) is 2. The first-order valence-corrected chi connectivity index (χ1v) is 8.32. The standard InChI is InChI=1S/C18H25F3N2O/c1-22(2)15-7-5-4-6-8-16(15)23(3)17(24)13-9-11-14(12-10-13)18(19,20)21/h9-12,15-16H,4-8H2,1-3H3. The maximum absolute atomic E-state index is 12.7. The zero-order valence-corrected chi connectivity index (χ0v) is 14.4. The minimum atomic E-state index is -4.38. The third kappa shape index (κ3) is 4.29.